The monoisotopic (exact) mass is 171 g/mol. The molecule has 0 aliphatic heterocycles. The smallest absolute Gasteiger partial charge is 0.217 e. The third-order valence-electron chi connectivity index (χ3n) is 1.89. The highest BCUT2D eigenvalue weighted by molar-refractivity contribution is 5.89. The second kappa shape index (κ2) is 3.42. The maximum Gasteiger partial charge on any atom is 0.217 e. The summed E-state index contributed by atoms with van der Waals surface area (Å²) in [4.78, 5) is 10.7. The SMILES string of the molecule is CC(=O)NC(C(N)=NO)C1CC1. The van der Waals surface area contributed by atoms with Gasteiger partial charge in [0.05, 0.1) is 6.04 Å². The van der Waals surface area contributed by atoms with Crippen molar-refractivity contribution < 1.29 is 10.0 Å². The number of oxime groups is 1. The molecule has 0 aromatic carbocycles. The molecule has 1 unspecified atom stereocenters. The lowest BCUT2D eigenvalue weighted by Gasteiger charge is -2.14. The van der Waals surface area contributed by atoms with Gasteiger partial charge in [-0.1, -0.05) is 5.16 Å². The van der Waals surface area contributed by atoms with Gasteiger partial charge in [0.1, 0.15) is 0 Å². The van der Waals surface area contributed by atoms with Crippen LogP contribution in [0.4, 0.5) is 0 Å². The van der Waals surface area contributed by atoms with Crippen LogP contribution in [0.15, 0.2) is 5.16 Å². The van der Waals surface area contributed by atoms with Crippen molar-refractivity contribution in [2.75, 3.05) is 0 Å². The van der Waals surface area contributed by atoms with Crippen molar-refractivity contribution in [3.8, 4) is 0 Å². The summed E-state index contributed by atoms with van der Waals surface area (Å²) in [5, 5.41) is 13.9. The summed E-state index contributed by atoms with van der Waals surface area (Å²) < 4.78 is 0. The summed E-state index contributed by atoms with van der Waals surface area (Å²) in [6.45, 7) is 1.42. The molecule has 0 spiro atoms. The minimum absolute atomic E-state index is 0.0905. The van der Waals surface area contributed by atoms with Crippen LogP contribution in [0.25, 0.3) is 0 Å². The van der Waals surface area contributed by atoms with Crippen LogP contribution in [0.3, 0.4) is 0 Å². The molecule has 0 aromatic rings. The van der Waals surface area contributed by atoms with Gasteiger partial charge < -0.3 is 16.3 Å². The molecule has 12 heavy (non-hydrogen) atoms. The molecule has 0 saturated heterocycles. The molecule has 1 amide bonds. The van der Waals surface area contributed by atoms with Crippen molar-refractivity contribution in [2.45, 2.75) is 25.8 Å². The number of nitrogens with zero attached hydrogens (tertiary/aromatic N) is 1. The van der Waals surface area contributed by atoms with E-state index in [4.69, 9.17) is 10.9 Å². The summed E-state index contributed by atoms with van der Waals surface area (Å²) >= 11 is 0. The molecule has 68 valence electrons. The number of nitrogens with one attached hydrogen (secondary N) is 1. The van der Waals surface area contributed by atoms with Crippen LogP contribution in [0.2, 0.25) is 0 Å². The number of nitrogens with two attached hydrogens (primary N) is 1. The Morgan fingerprint density at radius 1 is 1.75 bits per heavy atom. The molecule has 0 radical (unpaired) electrons. The van der Waals surface area contributed by atoms with Crippen molar-refractivity contribution in [3.05, 3.63) is 0 Å². The maximum absolute atomic E-state index is 10.7. The number of rotatable bonds is 3. The number of hydrogen-bond donors (Lipinski definition) is 3. The predicted molar refractivity (Wildman–Crippen MR) is 43.7 cm³/mol. The molecule has 5 heteroatoms. The lowest BCUT2D eigenvalue weighted by molar-refractivity contribution is -0.119. The fourth-order valence-electron chi connectivity index (χ4n) is 1.14. The third-order valence-corrected chi connectivity index (χ3v) is 1.89. The Kier molecular flexibility index (Phi) is 2.52. The third kappa shape index (κ3) is 2.11. The Bertz CT molecular complexity index is 211. The Labute approximate surface area is 70.6 Å². The number of carbonyl (C=O) groups is 1. The second-order valence-corrected chi connectivity index (χ2v) is 3.04. The van der Waals surface area contributed by atoms with Gasteiger partial charge in [0.25, 0.3) is 0 Å². The molecule has 1 atom stereocenters. The molecule has 0 heterocycles. The first kappa shape index (κ1) is 8.83. The Hall–Kier alpha value is -1.26. The fourth-order valence-corrected chi connectivity index (χ4v) is 1.14. The molecule has 1 aliphatic carbocycles. The minimum Gasteiger partial charge on any atom is -0.409 e. The van der Waals surface area contributed by atoms with Crippen LogP contribution in [0.1, 0.15) is 19.8 Å². The summed E-state index contributed by atoms with van der Waals surface area (Å²) in [7, 11) is 0. The Morgan fingerprint density at radius 2 is 2.33 bits per heavy atom. The molecular formula is C7H13N3O2. The van der Waals surface area contributed by atoms with E-state index in [0.29, 0.717) is 5.92 Å². The molecular weight excluding hydrogens is 158 g/mol. The summed E-state index contributed by atoms with van der Waals surface area (Å²) in [5.41, 5.74) is 5.39. The Morgan fingerprint density at radius 3 is 2.67 bits per heavy atom. The average molecular weight is 171 g/mol. The minimum atomic E-state index is -0.285. The molecule has 5 nitrogen and oxygen atoms in total. The van der Waals surface area contributed by atoms with Crippen LogP contribution in [-0.4, -0.2) is 23.0 Å². The van der Waals surface area contributed by atoms with Gasteiger partial charge in [-0.05, 0) is 18.8 Å². The zero-order valence-corrected chi connectivity index (χ0v) is 6.95. The number of amides is 1. The van der Waals surface area contributed by atoms with Crippen LogP contribution in [-0.2, 0) is 4.79 Å². The number of hydrogen-bond acceptors (Lipinski definition) is 3. The molecule has 0 aromatic heterocycles. The quantitative estimate of drug-likeness (QED) is 0.235. The molecule has 0 bridgehead atoms. The number of amidine groups is 1. The van der Waals surface area contributed by atoms with E-state index in [1.54, 1.807) is 0 Å². The van der Waals surface area contributed by atoms with Crippen molar-refractivity contribution >= 4 is 11.7 Å². The van der Waals surface area contributed by atoms with Crippen molar-refractivity contribution in [3.63, 3.8) is 0 Å². The molecule has 1 fully saturated rings. The topological polar surface area (TPSA) is 87.7 Å². The zero-order chi connectivity index (χ0) is 9.14. The maximum atomic E-state index is 10.7. The lowest BCUT2D eigenvalue weighted by Crippen LogP contribution is -2.45. The first-order valence-electron chi connectivity index (χ1n) is 3.89. The van der Waals surface area contributed by atoms with Crippen LogP contribution in [0, 0.1) is 5.92 Å². The summed E-state index contributed by atoms with van der Waals surface area (Å²) in [5.74, 6) is 0.288. The molecule has 4 N–H and O–H groups in total. The highest BCUT2D eigenvalue weighted by atomic mass is 16.4. The summed E-state index contributed by atoms with van der Waals surface area (Å²) in [6, 6.07) is -0.285. The van der Waals surface area contributed by atoms with E-state index in [1.807, 2.05) is 0 Å². The molecule has 1 rings (SSSR count). The van der Waals surface area contributed by atoms with Gasteiger partial charge in [-0.15, -0.1) is 0 Å². The van der Waals surface area contributed by atoms with Crippen LogP contribution in [0.5, 0.6) is 0 Å². The van der Waals surface area contributed by atoms with E-state index in [9.17, 15) is 4.79 Å². The Balaban J connectivity index is 2.54. The van der Waals surface area contributed by atoms with Gasteiger partial charge in [-0.3, -0.25) is 4.79 Å². The van der Waals surface area contributed by atoms with Crippen LogP contribution < -0.4 is 11.1 Å². The van der Waals surface area contributed by atoms with Crippen molar-refractivity contribution in [1.82, 2.24) is 5.32 Å². The second-order valence-electron chi connectivity index (χ2n) is 3.04. The molecule has 1 saturated carbocycles. The van der Waals surface area contributed by atoms with E-state index in [-0.39, 0.29) is 17.8 Å². The van der Waals surface area contributed by atoms with Gasteiger partial charge in [0, 0.05) is 6.92 Å². The largest absolute Gasteiger partial charge is 0.409 e. The van der Waals surface area contributed by atoms with Crippen molar-refractivity contribution in [1.29, 1.82) is 0 Å². The van der Waals surface area contributed by atoms with Gasteiger partial charge >= 0.3 is 0 Å². The predicted octanol–water partition coefficient (Wildman–Crippen LogP) is -0.352. The zero-order valence-electron chi connectivity index (χ0n) is 6.95. The first-order valence-corrected chi connectivity index (χ1v) is 3.89. The van der Waals surface area contributed by atoms with E-state index >= 15 is 0 Å². The highest BCUT2D eigenvalue weighted by Gasteiger charge is 2.34. The number of carbonyl (C=O) groups excluding carboxylic acids is 1. The first-order chi connectivity index (χ1) is 5.65. The van der Waals surface area contributed by atoms with Crippen LogP contribution >= 0.6 is 0 Å². The normalized spacial score (nSPS) is 20.2. The summed E-state index contributed by atoms with van der Waals surface area (Å²) in [6.07, 6.45) is 2.06. The van der Waals surface area contributed by atoms with Crippen molar-refractivity contribution in [2.24, 2.45) is 16.8 Å². The van der Waals surface area contributed by atoms with E-state index < -0.39 is 0 Å². The molecule has 1 aliphatic rings. The average Bonchev–Trinajstić information content (AvgIpc) is 2.81. The van der Waals surface area contributed by atoms with Gasteiger partial charge in [-0.25, -0.2) is 0 Å². The fraction of sp³-hybridized carbons (Fsp3) is 0.714. The van der Waals surface area contributed by atoms with E-state index in [0.717, 1.165) is 12.8 Å². The van der Waals surface area contributed by atoms with Gasteiger partial charge in [-0.2, -0.15) is 0 Å². The van der Waals surface area contributed by atoms with Gasteiger partial charge in [0.2, 0.25) is 5.91 Å². The lowest BCUT2D eigenvalue weighted by atomic mass is 10.1. The standard InChI is InChI=1S/C7H13N3O2/c1-4(11)9-6(5-2-3-5)7(8)10-12/h5-6,12H,2-3H2,1H3,(H2,8,10)(H,9,11). The van der Waals surface area contributed by atoms with E-state index in [2.05, 4.69) is 10.5 Å². The van der Waals surface area contributed by atoms with Gasteiger partial charge in [0.15, 0.2) is 5.84 Å². The van der Waals surface area contributed by atoms with E-state index in [1.165, 1.54) is 6.92 Å². The highest BCUT2D eigenvalue weighted by Crippen LogP contribution is 2.32.